The molecule has 0 aliphatic carbocycles. The Hall–Kier alpha value is -2.77. The normalized spacial score (nSPS) is 16.8. The maximum Gasteiger partial charge on any atom is 0.254 e. The Kier molecular flexibility index (Phi) is 5.60. The molecule has 4 rings (SSSR count). The first-order valence-electron chi connectivity index (χ1n) is 9.50. The van der Waals surface area contributed by atoms with Gasteiger partial charge < -0.3 is 14.4 Å². The highest BCUT2D eigenvalue weighted by Gasteiger charge is 2.26. The molecule has 1 aromatic heterocycles. The lowest BCUT2D eigenvalue weighted by molar-refractivity contribution is -0.0401. The van der Waals surface area contributed by atoms with E-state index in [2.05, 4.69) is 4.98 Å². The number of thiazole rings is 1. The first kappa shape index (κ1) is 19.5. The largest absolute Gasteiger partial charge is 0.491 e. The van der Waals surface area contributed by atoms with Crippen LogP contribution in [0, 0.1) is 6.92 Å². The first-order valence-corrected chi connectivity index (χ1v) is 10.4. The maximum absolute atomic E-state index is 12.9. The van der Waals surface area contributed by atoms with E-state index in [0.29, 0.717) is 43.2 Å². The highest BCUT2D eigenvalue weighted by molar-refractivity contribution is 7.16. The molecule has 1 amide bonds. The second kappa shape index (κ2) is 8.31. The SMILES string of the molecule is CC(=O)c1ccc(OCC2CN(C(=O)c3ccc4ncsc4c3)CCO2)cc1C. The van der Waals surface area contributed by atoms with Gasteiger partial charge in [-0.3, -0.25) is 9.59 Å². The lowest BCUT2D eigenvalue weighted by atomic mass is 10.1. The van der Waals surface area contributed by atoms with Crippen LogP contribution in [-0.2, 0) is 4.74 Å². The summed E-state index contributed by atoms with van der Waals surface area (Å²) in [5, 5.41) is 0. The topological polar surface area (TPSA) is 68.7 Å². The maximum atomic E-state index is 12.9. The van der Waals surface area contributed by atoms with Crippen molar-refractivity contribution in [3.63, 3.8) is 0 Å². The third-order valence-corrected chi connectivity index (χ3v) is 5.81. The van der Waals surface area contributed by atoms with E-state index in [9.17, 15) is 9.59 Å². The highest BCUT2D eigenvalue weighted by atomic mass is 32.1. The van der Waals surface area contributed by atoms with Crippen LogP contribution in [0.2, 0.25) is 0 Å². The van der Waals surface area contributed by atoms with Crippen molar-refractivity contribution in [3.05, 3.63) is 58.6 Å². The molecule has 2 heterocycles. The van der Waals surface area contributed by atoms with E-state index in [4.69, 9.17) is 9.47 Å². The average Bonchev–Trinajstić information content (AvgIpc) is 3.19. The molecule has 150 valence electrons. The number of rotatable bonds is 5. The number of aromatic nitrogens is 1. The Morgan fingerprint density at radius 3 is 2.93 bits per heavy atom. The summed E-state index contributed by atoms with van der Waals surface area (Å²) in [4.78, 5) is 30.5. The van der Waals surface area contributed by atoms with E-state index < -0.39 is 0 Å². The molecule has 0 radical (unpaired) electrons. The molecule has 3 aromatic rings. The zero-order valence-corrected chi connectivity index (χ0v) is 17.2. The van der Waals surface area contributed by atoms with Gasteiger partial charge in [0.2, 0.25) is 0 Å². The van der Waals surface area contributed by atoms with Gasteiger partial charge in [-0.25, -0.2) is 4.98 Å². The van der Waals surface area contributed by atoms with Gasteiger partial charge >= 0.3 is 0 Å². The third-order valence-electron chi connectivity index (χ3n) is 5.02. The summed E-state index contributed by atoms with van der Waals surface area (Å²) in [5.74, 6) is 0.723. The first-order chi connectivity index (χ1) is 14.0. The number of ether oxygens (including phenoxy) is 2. The molecule has 1 atom stereocenters. The van der Waals surface area contributed by atoms with Gasteiger partial charge in [0.1, 0.15) is 18.5 Å². The van der Waals surface area contributed by atoms with Crippen LogP contribution in [0.5, 0.6) is 5.75 Å². The molecule has 1 aliphatic heterocycles. The van der Waals surface area contributed by atoms with Gasteiger partial charge in [-0.1, -0.05) is 0 Å². The number of hydrogen-bond donors (Lipinski definition) is 0. The zero-order valence-electron chi connectivity index (χ0n) is 16.4. The van der Waals surface area contributed by atoms with Gasteiger partial charge in [-0.2, -0.15) is 0 Å². The van der Waals surface area contributed by atoms with Crippen LogP contribution in [0.3, 0.4) is 0 Å². The van der Waals surface area contributed by atoms with Crippen molar-refractivity contribution < 1.29 is 19.1 Å². The van der Waals surface area contributed by atoms with E-state index in [0.717, 1.165) is 15.8 Å². The minimum Gasteiger partial charge on any atom is -0.491 e. The van der Waals surface area contributed by atoms with Crippen molar-refractivity contribution in [2.24, 2.45) is 0 Å². The number of benzene rings is 2. The van der Waals surface area contributed by atoms with Gasteiger partial charge in [0.15, 0.2) is 5.78 Å². The minimum absolute atomic E-state index is 0.00439. The second-order valence-corrected chi connectivity index (χ2v) is 8.01. The Morgan fingerprint density at radius 2 is 2.14 bits per heavy atom. The Labute approximate surface area is 173 Å². The summed E-state index contributed by atoms with van der Waals surface area (Å²) in [6.07, 6.45) is -0.201. The number of carbonyl (C=O) groups excluding carboxylic acids is 2. The molecule has 0 saturated carbocycles. The number of hydrogen-bond acceptors (Lipinski definition) is 6. The Morgan fingerprint density at radius 1 is 1.28 bits per heavy atom. The number of carbonyl (C=O) groups is 2. The molecule has 2 aromatic carbocycles. The van der Waals surface area contributed by atoms with E-state index in [1.807, 2.05) is 36.1 Å². The van der Waals surface area contributed by atoms with Crippen molar-refractivity contribution in [1.82, 2.24) is 9.88 Å². The molecular weight excluding hydrogens is 388 g/mol. The van der Waals surface area contributed by atoms with Crippen LogP contribution >= 0.6 is 11.3 Å². The fraction of sp³-hybridized carbons (Fsp3) is 0.318. The summed E-state index contributed by atoms with van der Waals surface area (Å²) in [7, 11) is 0. The summed E-state index contributed by atoms with van der Waals surface area (Å²) in [5.41, 5.74) is 4.94. The van der Waals surface area contributed by atoms with Gasteiger partial charge in [0, 0.05) is 17.7 Å². The summed E-state index contributed by atoms with van der Waals surface area (Å²) in [6, 6.07) is 11.0. The van der Waals surface area contributed by atoms with Crippen LogP contribution < -0.4 is 4.74 Å². The van der Waals surface area contributed by atoms with Crippen molar-refractivity contribution >= 4 is 33.2 Å². The number of nitrogens with zero attached hydrogens (tertiary/aromatic N) is 2. The van der Waals surface area contributed by atoms with Gasteiger partial charge in [-0.15, -0.1) is 11.3 Å². The quantitative estimate of drug-likeness (QED) is 0.600. The molecule has 6 nitrogen and oxygen atoms in total. The lowest BCUT2D eigenvalue weighted by Crippen LogP contribution is -2.47. The fourth-order valence-corrected chi connectivity index (χ4v) is 4.20. The predicted molar refractivity (Wildman–Crippen MR) is 112 cm³/mol. The molecule has 0 bridgehead atoms. The Bertz CT molecular complexity index is 1060. The minimum atomic E-state index is -0.201. The van der Waals surface area contributed by atoms with Crippen LogP contribution in [-0.4, -0.2) is 54.0 Å². The van der Waals surface area contributed by atoms with Gasteiger partial charge in [0.25, 0.3) is 5.91 Å². The van der Waals surface area contributed by atoms with E-state index in [1.165, 1.54) is 11.3 Å². The summed E-state index contributed by atoms with van der Waals surface area (Å²) < 4.78 is 12.7. The van der Waals surface area contributed by atoms with Crippen molar-refractivity contribution in [1.29, 1.82) is 0 Å². The standard InChI is InChI=1S/C22H22N2O4S/c1-14-9-17(4-5-19(14)15(2)25)28-12-18-11-24(7-8-27-18)22(26)16-3-6-20-21(10-16)29-13-23-20/h3-6,9-10,13,18H,7-8,11-12H2,1-2H3. The molecule has 1 unspecified atom stereocenters. The van der Waals surface area contributed by atoms with E-state index >= 15 is 0 Å². The molecule has 1 aliphatic rings. The molecule has 29 heavy (non-hydrogen) atoms. The monoisotopic (exact) mass is 410 g/mol. The number of morpholine rings is 1. The van der Waals surface area contributed by atoms with Crippen molar-refractivity contribution in [2.45, 2.75) is 20.0 Å². The lowest BCUT2D eigenvalue weighted by Gasteiger charge is -2.33. The number of fused-ring (bicyclic) bond motifs is 1. The summed E-state index contributed by atoms with van der Waals surface area (Å²) >= 11 is 1.53. The van der Waals surface area contributed by atoms with Crippen LogP contribution in [0.4, 0.5) is 0 Å². The molecular formula is C22H22N2O4S. The summed E-state index contributed by atoms with van der Waals surface area (Å²) in [6.45, 7) is 5.30. The van der Waals surface area contributed by atoms with E-state index in [1.54, 1.807) is 24.6 Å². The second-order valence-electron chi connectivity index (χ2n) is 7.12. The van der Waals surface area contributed by atoms with Crippen LogP contribution in [0.25, 0.3) is 10.2 Å². The molecule has 0 N–H and O–H groups in total. The number of Topliss-reactive ketones (excluding diaryl/α,β-unsaturated/α-hetero) is 1. The van der Waals surface area contributed by atoms with Crippen LogP contribution in [0.1, 0.15) is 33.2 Å². The van der Waals surface area contributed by atoms with Crippen LogP contribution in [0.15, 0.2) is 41.9 Å². The number of aryl methyl sites for hydroxylation is 1. The van der Waals surface area contributed by atoms with E-state index in [-0.39, 0.29) is 17.8 Å². The van der Waals surface area contributed by atoms with Gasteiger partial charge in [0.05, 0.1) is 28.9 Å². The predicted octanol–water partition coefficient (Wildman–Crippen LogP) is 3.73. The smallest absolute Gasteiger partial charge is 0.254 e. The van der Waals surface area contributed by atoms with Gasteiger partial charge in [-0.05, 0) is 55.8 Å². The third kappa shape index (κ3) is 4.31. The molecule has 7 heteroatoms. The molecule has 1 fully saturated rings. The van der Waals surface area contributed by atoms with Crippen molar-refractivity contribution in [2.75, 3.05) is 26.3 Å². The average molecular weight is 410 g/mol. The highest BCUT2D eigenvalue weighted by Crippen LogP contribution is 2.22. The number of amides is 1. The zero-order chi connectivity index (χ0) is 20.4. The fourth-order valence-electron chi connectivity index (χ4n) is 3.49. The Balaban J connectivity index is 1.38. The number of ketones is 1. The molecule has 1 saturated heterocycles. The van der Waals surface area contributed by atoms with Crippen molar-refractivity contribution in [3.8, 4) is 5.75 Å². The molecule has 0 spiro atoms.